The highest BCUT2D eigenvalue weighted by atomic mass is 19.1. The first-order valence-corrected chi connectivity index (χ1v) is 10.3. The van der Waals surface area contributed by atoms with Crippen LogP contribution in [0.15, 0.2) is 30.3 Å². The number of fused-ring (bicyclic) bond motifs is 1. The van der Waals surface area contributed by atoms with Crippen LogP contribution in [0.25, 0.3) is 0 Å². The fraction of sp³-hybridized carbons (Fsp3) is 0.417. The maximum absolute atomic E-state index is 15.2. The van der Waals surface area contributed by atoms with Crippen LogP contribution in [0.4, 0.5) is 4.39 Å². The summed E-state index contributed by atoms with van der Waals surface area (Å²) in [5.41, 5.74) is 0.694. The topological polar surface area (TPSA) is 78.9 Å². The highest BCUT2D eigenvalue weighted by molar-refractivity contribution is 6.61. The van der Waals surface area contributed by atoms with Gasteiger partial charge in [0, 0.05) is 19.3 Å². The summed E-state index contributed by atoms with van der Waals surface area (Å²) < 4.78 is 66.7. The van der Waals surface area contributed by atoms with Gasteiger partial charge in [0.25, 0.3) is 11.8 Å². The minimum absolute atomic E-state index is 0.0203. The van der Waals surface area contributed by atoms with Gasteiger partial charge in [0.05, 0.1) is 18.2 Å². The number of rotatable bonds is 4. The molecule has 0 saturated heterocycles. The summed E-state index contributed by atoms with van der Waals surface area (Å²) in [5.74, 6) is -2.83. The molecule has 1 atom stereocenters. The van der Waals surface area contributed by atoms with Crippen molar-refractivity contribution in [1.29, 1.82) is 0 Å². The monoisotopic (exact) mass is 446 g/mol. The zero-order chi connectivity index (χ0) is 28.8. The van der Waals surface area contributed by atoms with E-state index in [9.17, 15) is 14.6 Å². The number of aryl methyl sites for hydroxylation is 2. The first kappa shape index (κ1) is 16.9. The average molecular weight is 446 g/mol. The van der Waals surface area contributed by atoms with Crippen molar-refractivity contribution in [2.45, 2.75) is 60.5 Å². The van der Waals surface area contributed by atoms with Crippen LogP contribution in [0.5, 0.6) is 0 Å². The normalized spacial score (nSPS) is 17.8. The van der Waals surface area contributed by atoms with Crippen LogP contribution in [0, 0.1) is 24.9 Å². The van der Waals surface area contributed by atoms with E-state index in [2.05, 4.69) is 5.43 Å². The van der Waals surface area contributed by atoms with E-state index >= 15 is 4.39 Å². The molecule has 3 rings (SSSR count). The smallest absolute Gasteiger partial charge is 0.423 e. The number of carbonyl (C=O) groups excluding carboxylic acids is 2. The van der Waals surface area contributed by atoms with Gasteiger partial charge in [0.15, 0.2) is 0 Å². The Labute approximate surface area is 197 Å². The van der Waals surface area contributed by atoms with Crippen molar-refractivity contribution in [3.05, 3.63) is 64.0 Å². The number of carbonyl (C=O) groups is 2. The minimum Gasteiger partial charge on any atom is -0.423 e. The van der Waals surface area contributed by atoms with Crippen LogP contribution >= 0.6 is 0 Å². The molecule has 0 bridgehead atoms. The second-order valence-electron chi connectivity index (χ2n) is 8.87. The second kappa shape index (κ2) is 9.04. The zero-order valence-corrected chi connectivity index (χ0v) is 18.5. The second-order valence-corrected chi connectivity index (χ2v) is 8.87. The van der Waals surface area contributed by atoms with E-state index in [1.165, 1.54) is 12.1 Å². The molecule has 32 heavy (non-hydrogen) atoms. The molecule has 0 aromatic heterocycles. The summed E-state index contributed by atoms with van der Waals surface area (Å²) in [6, 6.07) is 5.16. The van der Waals surface area contributed by atoms with Gasteiger partial charge in [-0.05, 0) is 49.3 Å². The van der Waals surface area contributed by atoms with Gasteiger partial charge in [-0.3, -0.25) is 15.0 Å². The van der Waals surface area contributed by atoms with Crippen LogP contribution < -0.4 is 10.9 Å². The molecular weight excluding hydrogens is 410 g/mol. The molecule has 2 amide bonds. The van der Waals surface area contributed by atoms with Gasteiger partial charge in [0.2, 0.25) is 0 Å². The summed E-state index contributed by atoms with van der Waals surface area (Å²) in [6.45, 7) is 1.83. The molecule has 0 radical (unpaired) electrons. The molecule has 0 spiro atoms. The third-order valence-corrected chi connectivity index (χ3v) is 5.48. The quantitative estimate of drug-likeness (QED) is 0.558. The Hall–Kier alpha value is -2.71. The van der Waals surface area contributed by atoms with Crippen molar-refractivity contribution in [3.8, 4) is 0 Å². The molecular formula is C24H30BFN2O4. The third-order valence-electron chi connectivity index (χ3n) is 5.48. The van der Waals surface area contributed by atoms with Gasteiger partial charge in [-0.2, -0.15) is 0 Å². The van der Waals surface area contributed by atoms with Crippen molar-refractivity contribution >= 4 is 24.4 Å². The van der Waals surface area contributed by atoms with E-state index in [-0.39, 0.29) is 28.8 Å². The van der Waals surface area contributed by atoms with E-state index in [1.807, 2.05) is 20.8 Å². The number of nitrogens with zero attached hydrogens (tertiary/aromatic N) is 1. The molecule has 2 aromatic rings. The Balaban J connectivity index is 2.11. The fourth-order valence-corrected chi connectivity index (χ4v) is 3.97. The first-order valence-electron chi connectivity index (χ1n) is 13.3. The molecule has 0 aliphatic carbocycles. The lowest BCUT2D eigenvalue weighted by atomic mass is 9.78. The molecule has 8 heteroatoms. The maximum Gasteiger partial charge on any atom is 0.494 e. The van der Waals surface area contributed by atoms with Crippen molar-refractivity contribution in [2.75, 3.05) is 0 Å². The van der Waals surface area contributed by atoms with Gasteiger partial charge in [-0.25, -0.2) is 9.40 Å². The van der Waals surface area contributed by atoms with Gasteiger partial charge in [-0.15, -0.1) is 0 Å². The average Bonchev–Trinajstić information content (AvgIpc) is 3.17. The Bertz CT molecular complexity index is 1210. The van der Waals surface area contributed by atoms with Gasteiger partial charge in [-0.1, -0.05) is 51.0 Å². The van der Waals surface area contributed by atoms with E-state index in [0.717, 1.165) is 23.2 Å². The molecule has 2 N–H and O–H groups in total. The molecule has 1 heterocycles. The summed E-state index contributed by atoms with van der Waals surface area (Å²) in [6.07, 6.45) is 0.347. The SMILES string of the molecule is [2H]C([2H])([2H])c1cc(C(=O)N(NC(=O)c2ccc3c(c2F)B(O)OC3)C(CC)C(C)(C)C)cc(C([2H])([2H])[2H])c1. The highest BCUT2D eigenvalue weighted by Crippen LogP contribution is 2.28. The lowest BCUT2D eigenvalue weighted by Crippen LogP contribution is -2.56. The molecule has 170 valence electrons. The van der Waals surface area contributed by atoms with Crippen molar-refractivity contribution < 1.29 is 31.9 Å². The Morgan fingerprint density at radius 2 is 1.94 bits per heavy atom. The number of hydrogen-bond acceptors (Lipinski definition) is 4. The number of hydrogen-bond donors (Lipinski definition) is 2. The summed E-state index contributed by atoms with van der Waals surface area (Å²) in [7, 11) is -1.53. The lowest BCUT2D eigenvalue weighted by Gasteiger charge is -2.39. The lowest BCUT2D eigenvalue weighted by molar-refractivity contribution is 0.0283. The predicted octanol–water partition coefficient (Wildman–Crippen LogP) is 3.27. The summed E-state index contributed by atoms with van der Waals surface area (Å²) in [5, 5.41) is 10.9. The van der Waals surface area contributed by atoms with Crippen LogP contribution in [0.3, 0.4) is 0 Å². The third kappa shape index (κ3) is 4.71. The Kier molecular flexibility index (Phi) is 4.76. The van der Waals surface area contributed by atoms with Crippen LogP contribution in [-0.4, -0.2) is 35.0 Å². The largest absolute Gasteiger partial charge is 0.494 e. The van der Waals surface area contributed by atoms with Gasteiger partial charge in [0.1, 0.15) is 5.82 Å². The predicted molar refractivity (Wildman–Crippen MR) is 122 cm³/mol. The standard InChI is InChI=1S/C24H30BFN2O4/c1-7-19(24(4,5)6)28(23(30)17-11-14(2)10-15(3)12-17)27-22(29)18-9-8-16-13-32-25(31)20(16)21(18)26/h8-12,19,31H,7,13H2,1-6H3,(H,27,29)/i2D3,3D3. The van der Waals surface area contributed by atoms with Gasteiger partial charge >= 0.3 is 7.12 Å². The van der Waals surface area contributed by atoms with Crippen molar-refractivity contribution in [1.82, 2.24) is 10.4 Å². The molecule has 2 aromatic carbocycles. The molecule has 0 fully saturated rings. The summed E-state index contributed by atoms with van der Waals surface area (Å²) >= 11 is 0. The van der Waals surface area contributed by atoms with Crippen LogP contribution in [0.1, 0.15) is 79.7 Å². The molecule has 1 aliphatic rings. The number of nitrogens with one attached hydrogen (secondary N) is 1. The number of hydrazine groups is 1. The van der Waals surface area contributed by atoms with E-state index < -0.39 is 55.5 Å². The highest BCUT2D eigenvalue weighted by Gasteiger charge is 2.37. The van der Waals surface area contributed by atoms with Crippen LogP contribution in [0.2, 0.25) is 0 Å². The fourth-order valence-electron chi connectivity index (χ4n) is 3.97. The first-order chi connectivity index (χ1) is 17.4. The number of amides is 2. The van der Waals surface area contributed by atoms with Crippen molar-refractivity contribution in [3.63, 3.8) is 0 Å². The van der Waals surface area contributed by atoms with E-state index in [4.69, 9.17) is 12.9 Å². The van der Waals surface area contributed by atoms with Crippen LogP contribution in [-0.2, 0) is 11.3 Å². The summed E-state index contributed by atoms with van der Waals surface area (Å²) in [4.78, 5) is 27.1. The number of halogens is 1. The van der Waals surface area contributed by atoms with Crippen molar-refractivity contribution in [2.24, 2.45) is 5.41 Å². The maximum atomic E-state index is 15.2. The minimum atomic E-state index is -2.70. The Morgan fingerprint density at radius 1 is 1.28 bits per heavy atom. The van der Waals surface area contributed by atoms with E-state index in [0.29, 0.717) is 12.0 Å². The number of benzene rings is 2. The molecule has 1 unspecified atom stereocenters. The Morgan fingerprint density at radius 3 is 2.50 bits per heavy atom. The van der Waals surface area contributed by atoms with Gasteiger partial charge < -0.3 is 9.68 Å². The molecule has 1 aliphatic heterocycles. The van der Waals surface area contributed by atoms with E-state index in [1.54, 1.807) is 6.92 Å². The zero-order valence-electron chi connectivity index (χ0n) is 24.5. The molecule has 0 saturated carbocycles. The molecule has 6 nitrogen and oxygen atoms in total.